The van der Waals surface area contributed by atoms with Crippen LogP contribution in [-0.4, -0.2) is 26.8 Å². The molecule has 0 atom stereocenters. The van der Waals surface area contributed by atoms with Gasteiger partial charge in [0.05, 0.1) is 6.61 Å². The lowest BCUT2D eigenvalue weighted by Gasteiger charge is -2.10. The Labute approximate surface area is 100 Å². The average molecular weight is 232 g/mol. The zero-order valence-electron chi connectivity index (χ0n) is 10.1. The number of aryl methyl sites for hydroxylation is 1. The quantitative estimate of drug-likeness (QED) is 0.791. The summed E-state index contributed by atoms with van der Waals surface area (Å²) in [6.45, 7) is 4.69. The molecule has 1 heterocycles. The van der Waals surface area contributed by atoms with Gasteiger partial charge in [0, 0.05) is 6.42 Å². The van der Waals surface area contributed by atoms with Crippen molar-refractivity contribution in [3.63, 3.8) is 0 Å². The van der Waals surface area contributed by atoms with Gasteiger partial charge in [0.15, 0.2) is 5.82 Å². The normalized spacial score (nSPS) is 10.5. The summed E-state index contributed by atoms with van der Waals surface area (Å²) in [7, 11) is 0. The number of aromatic nitrogens is 4. The summed E-state index contributed by atoms with van der Waals surface area (Å²) in [6, 6.07) is 7.78. The lowest BCUT2D eigenvalue weighted by Crippen LogP contribution is -2.06. The Morgan fingerprint density at radius 2 is 2.06 bits per heavy atom. The van der Waals surface area contributed by atoms with Crippen molar-refractivity contribution in [3.05, 3.63) is 30.1 Å². The van der Waals surface area contributed by atoms with Gasteiger partial charge in [-0.25, -0.2) is 0 Å². The molecule has 0 bridgehead atoms. The first-order chi connectivity index (χ1) is 8.36. The van der Waals surface area contributed by atoms with Crippen LogP contribution in [0.15, 0.2) is 24.3 Å². The molecule has 0 fully saturated rings. The van der Waals surface area contributed by atoms with Gasteiger partial charge in [-0.05, 0) is 35.9 Å². The second-order valence-electron chi connectivity index (χ2n) is 3.66. The maximum Gasteiger partial charge on any atom is 0.156 e. The first-order valence-corrected chi connectivity index (χ1v) is 5.86. The zero-order chi connectivity index (χ0) is 12.1. The van der Waals surface area contributed by atoms with Gasteiger partial charge in [-0.15, -0.1) is 5.10 Å². The van der Waals surface area contributed by atoms with Crippen LogP contribution in [0.2, 0.25) is 0 Å². The smallest absolute Gasteiger partial charge is 0.156 e. The maximum absolute atomic E-state index is 5.58. The minimum atomic E-state index is 0.627. The summed E-state index contributed by atoms with van der Waals surface area (Å²) in [6.07, 6.45) is 1.87. The van der Waals surface area contributed by atoms with Crippen molar-refractivity contribution in [1.82, 2.24) is 20.2 Å². The highest BCUT2D eigenvalue weighted by Gasteiger charge is 2.11. The molecule has 0 saturated carbocycles. The summed E-state index contributed by atoms with van der Waals surface area (Å²) in [5.74, 6) is 1.67. The summed E-state index contributed by atoms with van der Waals surface area (Å²) in [5, 5.41) is 11.8. The van der Waals surface area contributed by atoms with Crippen LogP contribution in [0.5, 0.6) is 5.75 Å². The molecule has 0 aliphatic heterocycles. The Hall–Kier alpha value is -1.91. The number of hydrogen-bond donors (Lipinski definition) is 0. The monoisotopic (exact) mass is 232 g/mol. The van der Waals surface area contributed by atoms with Gasteiger partial charge < -0.3 is 4.74 Å². The fourth-order valence-electron chi connectivity index (χ4n) is 1.68. The maximum atomic E-state index is 5.58. The van der Waals surface area contributed by atoms with Gasteiger partial charge >= 0.3 is 0 Å². The summed E-state index contributed by atoms with van der Waals surface area (Å²) in [5.41, 5.74) is 0.891. The van der Waals surface area contributed by atoms with Gasteiger partial charge in [-0.3, -0.25) is 0 Å². The highest BCUT2D eigenvalue weighted by Crippen LogP contribution is 2.22. The Bertz CT molecular complexity index is 481. The second-order valence-corrected chi connectivity index (χ2v) is 3.66. The van der Waals surface area contributed by atoms with E-state index in [1.165, 1.54) is 0 Å². The molecule has 5 heteroatoms. The number of rotatable bonds is 5. The molecule has 1 aromatic carbocycles. The largest absolute Gasteiger partial charge is 0.492 e. The van der Waals surface area contributed by atoms with E-state index in [0.29, 0.717) is 6.61 Å². The van der Waals surface area contributed by atoms with Crippen LogP contribution in [0.3, 0.4) is 0 Å². The fraction of sp³-hybridized carbons (Fsp3) is 0.417. The lowest BCUT2D eigenvalue weighted by atomic mass is 10.2. The van der Waals surface area contributed by atoms with E-state index in [1.807, 2.05) is 31.2 Å². The molecule has 5 nitrogen and oxygen atoms in total. The van der Waals surface area contributed by atoms with Crippen molar-refractivity contribution in [3.8, 4) is 11.4 Å². The summed E-state index contributed by atoms with van der Waals surface area (Å²) < 4.78 is 7.32. The Morgan fingerprint density at radius 1 is 1.24 bits per heavy atom. The zero-order valence-corrected chi connectivity index (χ0v) is 10.1. The van der Waals surface area contributed by atoms with Crippen LogP contribution in [0.4, 0.5) is 0 Å². The molecule has 17 heavy (non-hydrogen) atoms. The first kappa shape index (κ1) is 11.6. The van der Waals surface area contributed by atoms with E-state index in [4.69, 9.17) is 4.74 Å². The Balaban J connectivity index is 2.41. The first-order valence-electron chi connectivity index (χ1n) is 5.86. The third-order valence-electron chi connectivity index (χ3n) is 2.40. The van der Waals surface area contributed by atoms with Gasteiger partial charge in [0.2, 0.25) is 0 Å². The Morgan fingerprint density at radius 3 is 2.82 bits per heavy atom. The van der Waals surface area contributed by atoms with Crippen molar-refractivity contribution in [2.45, 2.75) is 26.7 Å². The molecule has 0 amide bonds. The van der Waals surface area contributed by atoms with Crippen molar-refractivity contribution in [2.24, 2.45) is 0 Å². The predicted octanol–water partition coefficient (Wildman–Crippen LogP) is 2.01. The molecule has 0 saturated heterocycles. The van der Waals surface area contributed by atoms with E-state index in [2.05, 4.69) is 22.4 Å². The molecular formula is C12H16N4O. The topological polar surface area (TPSA) is 52.8 Å². The van der Waals surface area contributed by atoms with Crippen molar-refractivity contribution in [2.75, 3.05) is 6.61 Å². The van der Waals surface area contributed by atoms with Crippen LogP contribution in [0.25, 0.3) is 5.69 Å². The van der Waals surface area contributed by atoms with Crippen LogP contribution in [0.1, 0.15) is 26.1 Å². The van der Waals surface area contributed by atoms with Crippen molar-refractivity contribution >= 4 is 0 Å². The minimum absolute atomic E-state index is 0.627. The van der Waals surface area contributed by atoms with Crippen LogP contribution >= 0.6 is 0 Å². The molecule has 90 valence electrons. The third kappa shape index (κ3) is 2.43. The van der Waals surface area contributed by atoms with E-state index < -0.39 is 0 Å². The summed E-state index contributed by atoms with van der Waals surface area (Å²) in [4.78, 5) is 0. The number of tetrazole rings is 1. The number of para-hydroxylation sites is 2. The average Bonchev–Trinajstić information content (AvgIpc) is 2.79. The molecule has 2 aromatic rings. The third-order valence-corrected chi connectivity index (χ3v) is 2.40. The molecule has 0 unspecified atom stereocenters. The Kier molecular flexibility index (Phi) is 3.69. The van der Waals surface area contributed by atoms with Gasteiger partial charge in [-0.1, -0.05) is 19.1 Å². The molecular weight excluding hydrogens is 216 g/mol. The molecule has 0 aliphatic carbocycles. The minimum Gasteiger partial charge on any atom is -0.492 e. The van der Waals surface area contributed by atoms with E-state index in [9.17, 15) is 0 Å². The van der Waals surface area contributed by atoms with Gasteiger partial charge in [0.1, 0.15) is 11.4 Å². The molecule has 0 N–H and O–H groups in total. The molecule has 1 aromatic heterocycles. The van der Waals surface area contributed by atoms with Crippen LogP contribution in [0, 0.1) is 0 Å². The van der Waals surface area contributed by atoms with E-state index in [0.717, 1.165) is 30.1 Å². The fourth-order valence-corrected chi connectivity index (χ4v) is 1.68. The molecule has 0 spiro atoms. The standard InChI is InChI=1S/C12H16N4O/c1-3-7-12-13-14-15-16(12)10-8-5-6-9-11(10)17-4-2/h5-6,8-9H,3-4,7H2,1-2H3. The lowest BCUT2D eigenvalue weighted by molar-refractivity contribution is 0.338. The van der Waals surface area contributed by atoms with Crippen molar-refractivity contribution in [1.29, 1.82) is 0 Å². The highest BCUT2D eigenvalue weighted by atomic mass is 16.5. The van der Waals surface area contributed by atoms with Gasteiger partial charge in [0.25, 0.3) is 0 Å². The van der Waals surface area contributed by atoms with Crippen LogP contribution in [-0.2, 0) is 6.42 Å². The summed E-state index contributed by atoms with van der Waals surface area (Å²) >= 11 is 0. The van der Waals surface area contributed by atoms with E-state index in [-0.39, 0.29) is 0 Å². The number of hydrogen-bond acceptors (Lipinski definition) is 4. The second kappa shape index (κ2) is 5.43. The molecule has 2 rings (SSSR count). The number of ether oxygens (including phenoxy) is 1. The van der Waals surface area contributed by atoms with E-state index in [1.54, 1.807) is 4.68 Å². The molecule has 0 aliphatic rings. The van der Waals surface area contributed by atoms with Crippen molar-refractivity contribution < 1.29 is 4.74 Å². The highest BCUT2D eigenvalue weighted by molar-refractivity contribution is 5.46. The van der Waals surface area contributed by atoms with E-state index >= 15 is 0 Å². The van der Waals surface area contributed by atoms with Crippen LogP contribution < -0.4 is 4.74 Å². The number of benzene rings is 1. The predicted molar refractivity (Wildman–Crippen MR) is 64.3 cm³/mol. The SMILES string of the molecule is CCCc1nnnn1-c1ccccc1OCC. The molecule has 0 radical (unpaired) electrons. The number of nitrogens with zero attached hydrogens (tertiary/aromatic N) is 4. The van der Waals surface area contributed by atoms with Gasteiger partial charge in [-0.2, -0.15) is 4.68 Å².